The molecule has 20 heavy (non-hydrogen) atoms. The predicted octanol–water partition coefficient (Wildman–Crippen LogP) is 1.00. The summed E-state index contributed by atoms with van der Waals surface area (Å²) in [4.78, 5) is 37.7. The number of methoxy groups -OCH3 is 3. The van der Waals surface area contributed by atoms with Crippen molar-refractivity contribution in [2.45, 2.75) is 19.8 Å². The number of hydrogen-bond donors (Lipinski definition) is 1. The summed E-state index contributed by atoms with van der Waals surface area (Å²) in [5.41, 5.74) is 1.15. The van der Waals surface area contributed by atoms with Crippen LogP contribution in [0.5, 0.6) is 0 Å². The fourth-order valence-corrected chi connectivity index (χ4v) is 1.89. The quantitative estimate of drug-likeness (QED) is 0.640. The zero-order chi connectivity index (χ0) is 15.3. The molecule has 1 aromatic heterocycles. The molecule has 0 aromatic carbocycles. The highest BCUT2D eigenvalue weighted by Crippen LogP contribution is 2.22. The molecule has 0 fully saturated rings. The number of aromatic amines is 1. The van der Waals surface area contributed by atoms with Gasteiger partial charge in [-0.15, -0.1) is 0 Å². The van der Waals surface area contributed by atoms with Crippen molar-refractivity contribution in [1.29, 1.82) is 0 Å². The Hall–Kier alpha value is -2.31. The third-order valence-electron chi connectivity index (χ3n) is 2.85. The van der Waals surface area contributed by atoms with Crippen LogP contribution in [-0.2, 0) is 25.4 Å². The van der Waals surface area contributed by atoms with Crippen LogP contribution in [0.4, 0.5) is 0 Å². The number of aryl methyl sites for hydroxylation is 2. The van der Waals surface area contributed by atoms with Gasteiger partial charge in [0, 0.05) is 11.4 Å². The summed E-state index contributed by atoms with van der Waals surface area (Å²) in [6, 6.07) is 0. The minimum Gasteiger partial charge on any atom is -0.469 e. The van der Waals surface area contributed by atoms with Crippen molar-refractivity contribution in [3.05, 3.63) is 22.5 Å². The van der Waals surface area contributed by atoms with Gasteiger partial charge in [-0.3, -0.25) is 4.79 Å². The molecule has 1 N–H and O–H groups in total. The standard InChI is InChI=1S/C13H17NO6/c1-7-10(12(16)19-3)11(13(17)20-4)8(14-7)5-6-9(15)18-2/h14H,5-6H2,1-4H3. The largest absolute Gasteiger partial charge is 0.469 e. The van der Waals surface area contributed by atoms with E-state index < -0.39 is 17.9 Å². The summed E-state index contributed by atoms with van der Waals surface area (Å²) < 4.78 is 13.9. The zero-order valence-corrected chi connectivity index (χ0v) is 11.9. The molecule has 0 unspecified atom stereocenters. The molecule has 7 heteroatoms. The number of ether oxygens (including phenoxy) is 3. The first kappa shape index (κ1) is 15.7. The Morgan fingerprint density at radius 3 is 2.00 bits per heavy atom. The van der Waals surface area contributed by atoms with Crippen molar-refractivity contribution in [1.82, 2.24) is 4.98 Å². The lowest BCUT2D eigenvalue weighted by molar-refractivity contribution is -0.140. The number of aromatic nitrogens is 1. The van der Waals surface area contributed by atoms with Gasteiger partial charge >= 0.3 is 17.9 Å². The third-order valence-corrected chi connectivity index (χ3v) is 2.85. The Balaban J connectivity index is 3.20. The molecule has 0 amide bonds. The lowest BCUT2D eigenvalue weighted by Gasteiger charge is -2.04. The van der Waals surface area contributed by atoms with E-state index in [-0.39, 0.29) is 24.0 Å². The minimum atomic E-state index is -0.658. The van der Waals surface area contributed by atoms with Crippen molar-refractivity contribution in [2.24, 2.45) is 0 Å². The van der Waals surface area contributed by atoms with Crippen molar-refractivity contribution in [3.63, 3.8) is 0 Å². The van der Waals surface area contributed by atoms with E-state index in [0.717, 1.165) is 0 Å². The zero-order valence-electron chi connectivity index (χ0n) is 11.9. The van der Waals surface area contributed by atoms with Crippen molar-refractivity contribution in [3.8, 4) is 0 Å². The molecule has 0 aliphatic rings. The van der Waals surface area contributed by atoms with E-state index in [1.807, 2.05) is 0 Å². The molecule has 0 saturated heterocycles. The number of hydrogen-bond acceptors (Lipinski definition) is 6. The first-order valence-electron chi connectivity index (χ1n) is 5.91. The van der Waals surface area contributed by atoms with Gasteiger partial charge in [-0.2, -0.15) is 0 Å². The average molecular weight is 283 g/mol. The van der Waals surface area contributed by atoms with Gasteiger partial charge in [0.05, 0.1) is 38.9 Å². The molecule has 0 atom stereocenters. The van der Waals surface area contributed by atoms with Gasteiger partial charge in [0.2, 0.25) is 0 Å². The molecule has 110 valence electrons. The summed E-state index contributed by atoms with van der Waals surface area (Å²) in [7, 11) is 3.73. The smallest absolute Gasteiger partial charge is 0.340 e. The van der Waals surface area contributed by atoms with Crippen LogP contribution >= 0.6 is 0 Å². The Morgan fingerprint density at radius 1 is 0.950 bits per heavy atom. The van der Waals surface area contributed by atoms with E-state index >= 15 is 0 Å². The number of H-pyrrole nitrogens is 1. The number of carbonyl (C=O) groups excluding carboxylic acids is 3. The van der Waals surface area contributed by atoms with Crippen molar-refractivity contribution in [2.75, 3.05) is 21.3 Å². The normalized spacial score (nSPS) is 10.0. The summed E-state index contributed by atoms with van der Waals surface area (Å²) in [5.74, 6) is -1.70. The van der Waals surface area contributed by atoms with Crippen LogP contribution < -0.4 is 0 Å². The van der Waals surface area contributed by atoms with E-state index in [1.54, 1.807) is 6.92 Å². The average Bonchev–Trinajstić information content (AvgIpc) is 2.79. The van der Waals surface area contributed by atoms with Crippen molar-refractivity contribution < 1.29 is 28.6 Å². The van der Waals surface area contributed by atoms with Gasteiger partial charge in [-0.05, 0) is 13.3 Å². The highest BCUT2D eigenvalue weighted by molar-refractivity contribution is 6.05. The Labute approximate surface area is 116 Å². The molecular weight excluding hydrogens is 266 g/mol. The van der Waals surface area contributed by atoms with E-state index in [1.165, 1.54) is 21.3 Å². The minimum absolute atomic E-state index is 0.0844. The molecule has 0 radical (unpaired) electrons. The molecule has 1 rings (SSSR count). The number of rotatable bonds is 5. The monoisotopic (exact) mass is 283 g/mol. The van der Waals surface area contributed by atoms with E-state index in [2.05, 4.69) is 19.2 Å². The molecule has 7 nitrogen and oxygen atoms in total. The SMILES string of the molecule is COC(=O)CCc1[nH]c(C)c(C(=O)OC)c1C(=O)OC. The van der Waals surface area contributed by atoms with Gasteiger partial charge in [0.15, 0.2) is 0 Å². The third kappa shape index (κ3) is 3.17. The fourth-order valence-electron chi connectivity index (χ4n) is 1.89. The summed E-state index contributed by atoms with van der Waals surface area (Å²) in [6.07, 6.45) is 0.315. The maximum absolute atomic E-state index is 11.8. The lowest BCUT2D eigenvalue weighted by Crippen LogP contribution is -2.13. The van der Waals surface area contributed by atoms with Gasteiger partial charge < -0.3 is 19.2 Å². The predicted molar refractivity (Wildman–Crippen MR) is 68.5 cm³/mol. The topological polar surface area (TPSA) is 94.7 Å². The highest BCUT2D eigenvalue weighted by Gasteiger charge is 2.27. The van der Waals surface area contributed by atoms with E-state index in [4.69, 9.17) is 0 Å². The summed E-state index contributed by atoms with van der Waals surface area (Å²) in [5, 5.41) is 0. The van der Waals surface area contributed by atoms with Crippen LogP contribution in [0.25, 0.3) is 0 Å². The fraction of sp³-hybridized carbons (Fsp3) is 0.462. The van der Waals surface area contributed by atoms with Crippen LogP contribution in [0.1, 0.15) is 38.5 Å². The molecule has 0 spiro atoms. The second-order valence-corrected chi connectivity index (χ2v) is 4.04. The Kier molecular flexibility index (Phi) is 5.31. The van der Waals surface area contributed by atoms with Gasteiger partial charge in [0.1, 0.15) is 0 Å². The van der Waals surface area contributed by atoms with E-state index in [0.29, 0.717) is 11.4 Å². The molecule has 0 aliphatic carbocycles. The lowest BCUT2D eigenvalue weighted by atomic mass is 10.1. The van der Waals surface area contributed by atoms with Crippen LogP contribution in [0, 0.1) is 6.92 Å². The van der Waals surface area contributed by atoms with Gasteiger partial charge in [-0.1, -0.05) is 0 Å². The van der Waals surface area contributed by atoms with E-state index in [9.17, 15) is 14.4 Å². The second-order valence-electron chi connectivity index (χ2n) is 4.04. The molecule has 0 saturated carbocycles. The summed E-state index contributed by atoms with van der Waals surface area (Å²) >= 11 is 0. The maximum Gasteiger partial charge on any atom is 0.340 e. The first-order chi connectivity index (χ1) is 9.46. The molecule has 1 aromatic rings. The summed E-state index contributed by atoms with van der Waals surface area (Å²) in [6.45, 7) is 1.64. The first-order valence-corrected chi connectivity index (χ1v) is 5.91. The van der Waals surface area contributed by atoms with Crippen molar-refractivity contribution >= 4 is 17.9 Å². The maximum atomic E-state index is 11.8. The second kappa shape index (κ2) is 6.74. The highest BCUT2D eigenvalue weighted by atomic mass is 16.5. The molecule has 0 aliphatic heterocycles. The number of nitrogens with one attached hydrogen (secondary N) is 1. The van der Waals surface area contributed by atoms with Crippen LogP contribution in [-0.4, -0.2) is 44.2 Å². The number of esters is 3. The Morgan fingerprint density at radius 2 is 1.50 bits per heavy atom. The number of carbonyl (C=O) groups is 3. The van der Waals surface area contributed by atoms with Gasteiger partial charge in [0.25, 0.3) is 0 Å². The molecule has 0 bridgehead atoms. The molecular formula is C13H17NO6. The Bertz CT molecular complexity index is 531. The van der Waals surface area contributed by atoms with Gasteiger partial charge in [-0.25, -0.2) is 9.59 Å². The van der Waals surface area contributed by atoms with Crippen LogP contribution in [0.2, 0.25) is 0 Å². The van der Waals surface area contributed by atoms with Crippen LogP contribution in [0.3, 0.4) is 0 Å². The van der Waals surface area contributed by atoms with Crippen LogP contribution in [0.15, 0.2) is 0 Å². The molecule has 1 heterocycles.